The van der Waals surface area contributed by atoms with E-state index in [1.807, 2.05) is 35.2 Å². The van der Waals surface area contributed by atoms with E-state index < -0.39 is 11.6 Å². The number of rotatable bonds is 4. The third-order valence-corrected chi connectivity index (χ3v) is 6.05. The fourth-order valence-corrected chi connectivity index (χ4v) is 4.62. The Morgan fingerprint density at radius 3 is 2.29 bits per heavy atom. The summed E-state index contributed by atoms with van der Waals surface area (Å²) in [7, 11) is 0. The Balaban J connectivity index is 1.28. The molecule has 4 rings (SSSR count). The molecule has 1 unspecified atom stereocenters. The highest BCUT2D eigenvalue weighted by molar-refractivity contribution is 5.94. The molecule has 0 N–H and O–H groups in total. The molecule has 0 saturated carbocycles. The number of amides is 1. The van der Waals surface area contributed by atoms with Crippen LogP contribution in [0.4, 0.5) is 8.78 Å². The first kappa shape index (κ1) is 19.1. The van der Waals surface area contributed by atoms with Crippen molar-refractivity contribution in [2.75, 3.05) is 26.2 Å². The second-order valence-corrected chi connectivity index (χ2v) is 8.02. The Bertz CT molecular complexity index is 798. The van der Waals surface area contributed by atoms with E-state index in [9.17, 15) is 13.6 Å². The minimum atomic E-state index is -0.500. The van der Waals surface area contributed by atoms with Crippen LogP contribution in [0.15, 0.2) is 48.5 Å². The van der Waals surface area contributed by atoms with E-state index in [4.69, 9.17) is 0 Å². The monoisotopic (exact) mass is 384 g/mol. The van der Waals surface area contributed by atoms with Crippen molar-refractivity contribution in [2.24, 2.45) is 5.92 Å². The second-order valence-electron chi connectivity index (χ2n) is 8.02. The molecule has 2 aliphatic rings. The molecule has 5 heteroatoms. The minimum Gasteiger partial charge on any atom is -0.339 e. The molecular formula is C23H26F2N2O. The maximum Gasteiger partial charge on any atom is 0.253 e. The zero-order chi connectivity index (χ0) is 19.5. The normalized spacial score (nSPS) is 21.2. The van der Waals surface area contributed by atoms with Crippen LogP contribution in [-0.4, -0.2) is 47.9 Å². The third-order valence-electron chi connectivity index (χ3n) is 6.05. The molecule has 3 nitrogen and oxygen atoms in total. The SMILES string of the molecule is O=C(c1ccccc1)N1CCC(N2CCC(Cc3cc(F)cc(F)c3)C2)CC1. The first-order valence-electron chi connectivity index (χ1n) is 10.1. The highest BCUT2D eigenvalue weighted by atomic mass is 19.1. The summed E-state index contributed by atoms with van der Waals surface area (Å²) in [6.07, 6.45) is 3.75. The van der Waals surface area contributed by atoms with Gasteiger partial charge < -0.3 is 4.90 Å². The fraction of sp³-hybridized carbons (Fsp3) is 0.435. The number of halogens is 2. The van der Waals surface area contributed by atoms with Crippen LogP contribution in [0.1, 0.15) is 35.2 Å². The standard InChI is InChI=1S/C23H26F2N2O/c24-20-13-18(14-21(25)15-20)12-17-6-9-27(16-17)22-7-10-26(11-8-22)23(28)19-4-2-1-3-5-19/h1-5,13-15,17,22H,6-12,16H2. The molecule has 2 aromatic rings. The highest BCUT2D eigenvalue weighted by Crippen LogP contribution is 2.27. The number of hydrogen-bond donors (Lipinski definition) is 0. The van der Waals surface area contributed by atoms with Gasteiger partial charge in [-0.2, -0.15) is 0 Å². The molecule has 2 aliphatic heterocycles. The Labute approximate surface area is 165 Å². The molecule has 1 amide bonds. The average molecular weight is 384 g/mol. The molecule has 28 heavy (non-hydrogen) atoms. The number of carbonyl (C=O) groups is 1. The molecule has 0 spiro atoms. The van der Waals surface area contributed by atoms with Gasteiger partial charge in [0.25, 0.3) is 5.91 Å². The summed E-state index contributed by atoms with van der Waals surface area (Å²) in [5, 5.41) is 0. The van der Waals surface area contributed by atoms with Crippen molar-refractivity contribution in [3.63, 3.8) is 0 Å². The van der Waals surface area contributed by atoms with E-state index in [1.54, 1.807) is 0 Å². The number of nitrogens with zero attached hydrogens (tertiary/aromatic N) is 2. The van der Waals surface area contributed by atoms with E-state index in [0.29, 0.717) is 12.0 Å². The van der Waals surface area contributed by atoms with Crippen molar-refractivity contribution in [3.05, 3.63) is 71.3 Å². The zero-order valence-corrected chi connectivity index (χ0v) is 16.0. The Kier molecular flexibility index (Phi) is 5.72. The largest absolute Gasteiger partial charge is 0.339 e. The molecule has 0 aromatic heterocycles. The maximum absolute atomic E-state index is 13.4. The number of carbonyl (C=O) groups excluding carboxylic acids is 1. The van der Waals surface area contributed by atoms with Crippen LogP contribution in [0.3, 0.4) is 0 Å². The van der Waals surface area contributed by atoms with E-state index in [0.717, 1.165) is 69.1 Å². The van der Waals surface area contributed by atoms with Crippen molar-refractivity contribution in [3.8, 4) is 0 Å². The van der Waals surface area contributed by atoms with Gasteiger partial charge in [-0.15, -0.1) is 0 Å². The summed E-state index contributed by atoms with van der Waals surface area (Å²) >= 11 is 0. The molecule has 0 bridgehead atoms. The summed E-state index contributed by atoms with van der Waals surface area (Å²) in [6.45, 7) is 3.57. The quantitative estimate of drug-likeness (QED) is 0.791. The van der Waals surface area contributed by atoms with Gasteiger partial charge in [0.2, 0.25) is 0 Å². The van der Waals surface area contributed by atoms with Crippen LogP contribution >= 0.6 is 0 Å². The first-order valence-corrected chi connectivity index (χ1v) is 10.1. The summed E-state index contributed by atoms with van der Waals surface area (Å²) < 4.78 is 26.8. The number of piperidine rings is 1. The summed E-state index contributed by atoms with van der Waals surface area (Å²) in [5.74, 6) is -0.447. The lowest BCUT2D eigenvalue weighted by atomic mass is 9.98. The third kappa shape index (κ3) is 4.41. The zero-order valence-electron chi connectivity index (χ0n) is 16.0. The first-order chi connectivity index (χ1) is 13.6. The Morgan fingerprint density at radius 1 is 0.929 bits per heavy atom. The maximum atomic E-state index is 13.4. The highest BCUT2D eigenvalue weighted by Gasteiger charge is 2.32. The fourth-order valence-electron chi connectivity index (χ4n) is 4.62. The van der Waals surface area contributed by atoms with Crippen LogP contribution in [0.5, 0.6) is 0 Å². The number of hydrogen-bond acceptors (Lipinski definition) is 2. The topological polar surface area (TPSA) is 23.6 Å². The molecule has 1 atom stereocenters. The Morgan fingerprint density at radius 2 is 1.61 bits per heavy atom. The van der Waals surface area contributed by atoms with Crippen LogP contribution in [0.25, 0.3) is 0 Å². The summed E-state index contributed by atoms with van der Waals surface area (Å²) in [5.41, 5.74) is 1.50. The van der Waals surface area contributed by atoms with Crippen molar-refractivity contribution in [2.45, 2.75) is 31.7 Å². The molecule has 2 saturated heterocycles. The van der Waals surface area contributed by atoms with Crippen molar-refractivity contribution in [1.29, 1.82) is 0 Å². The van der Waals surface area contributed by atoms with Gasteiger partial charge in [0, 0.05) is 37.3 Å². The van der Waals surface area contributed by atoms with Crippen molar-refractivity contribution >= 4 is 5.91 Å². The van der Waals surface area contributed by atoms with Gasteiger partial charge in [-0.1, -0.05) is 18.2 Å². The van der Waals surface area contributed by atoms with E-state index in [2.05, 4.69) is 4.90 Å². The number of benzene rings is 2. The molecule has 0 aliphatic carbocycles. The van der Waals surface area contributed by atoms with Gasteiger partial charge in [0.05, 0.1) is 0 Å². The number of likely N-dealkylation sites (tertiary alicyclic amines) is 2. The lowest BCUT2D eigenvalue weighted by molar-refractivity contribution is 0.0641. The van der Waals surface area contributed by atoms with Crippen LogP contribution in [-0.2, 0) is 6.42 Å². The summed E-state index contributed by atoms with van der Waals surface area (Å²) in [6, 6.07) is 13.8. The average Bonchev–Trinajstić information content (AvgIpc) is 3.16. The molecule has 2 fully saturated rings. The molecule has 2 aromatic carbocycles. The molecule has 0 radical (unpaired) electrons. The summed E-state index contributed by atoms with van der Waals surface area (Å²) in [4.78, 5) is 17.0. The van der Waals surface area contributed by atoms with Gasteiger partial charge in [-0.25, -0.2) is 8.78 Å². The van der Waals surface area contributed by atoms with E-state index >= 15 is 0 Å². The Hall–Kier alpha value is -2.27. The van der Waals surface area contributed by atoms with E-state index in [1.165, 1.54) is 12.1 Å². The van der Waals surface area contributed by atoms with Crippen LogP contribution in [0, 0.1) is 17.6 Å². The van der Waals surface area contributed by atoms with E-state index in [-0.39, 0.29) is 5.91 Å². The predicted molar refractivity (Wildman–Crippen MR) is 105 cm³/mol. The van der Waals surface area contributed by atoms with Crippen molar-refractivity contribution < 1.29 is 13.6 Å². The van der Waals surface area contributed by atoms with Crippen LogP contribution in [0.2, 0.25) is 0 Å². The van der Waals surface area contributed by atoms with Gasteiger partial charge >= 0.3 is 0 Å². The molecule has 148 valence electrons. The van der Waals surface area contributed by atoms with Crippen molar-refractivity contribution in [1.82, 2.24) is 9.80 Å². The molecular weight excluding hydrogens is 358 g/mol. The minimum absolute atomic E-state index is 0.117. The predicted octanol–water partition coefficient (Wildman–Crippen LogP) is 4.13. The molecule has 2 heterocycles. The lowest BCUT2D eigenvalue weighted by Gasteiger charge is -2.37. The van der Waals surface area contributed by atoms with Gasteiger partial charge in [0.15, 0.2) is 0 Å². The van der Waals surface area contributed by atoms with Gasteiger partial charge in [-0.05, 0) is 68.0 Å². The van der Waals surface area contributed by atoms with Crippen LogP contribution < -0.4 is 0 Å². The van der Waals surface area contributed by atoms with Gasteiger partial charge in [-0.3, -0.25) is 9.69 Å². The lowest BCUT2D eigenvalue weighted by Crippen LogP contribution is -2.46. The second kappa shape index (κ2) is 8.39. The van der Waals surface area contributed by atoms with Gasteiger partial charge in [0.1, 0.15) is 11.6 Å². The smallest absolute Gasteiger partial charge is 0.253 e.